The van der Waals surface area contributed by atoms with Crippen LogP contribution in [0.25, 0.3) is 11.3 Å². The number of aryl methyl sites for hydroxylation is 1. The first kappa shape index (κ1) is 15.7. The molecule has 2 heterocycles. The van der Waals surface area contributed by atoms with Crippen LogP contribution in [-0.4, -0.2) is 26.0 Å². The van der Waals surface area contributed by atoms with Gasteiger partial charge in [0, 0.05) is 24.0 Å². The summed E-state index contributed by atoms with van der Waals surface area (Å²) < 4.78 is 1.96. The average molecular weight is 278 g/mol. The largest absolute Gasteiger partial charge is 0.269 e. The second-order valence-corrected chi connectivity index (χ2v) is 4.90. The zero-order chi connectivity index (χ0) is 14.4. The van der Waals surface area contributed by atoms with Gasteiger partial charge in [0.1, 0.15) is 0 Å². The first-order valence-electron chi connectivity index (χ1n) is 6.55. The summed E-state index contributed by atoms with van der Waals surface area (Å²) in [6, 6.07) is 2.29. The second kappa shape index (κ2) is 7.28. The highest BCUT2D eigenvalue weighted by Crippen LogP contribution is 2.23. The molecular formula is C14H22N4S. The summed E-state index contributed by atoms with van der Waals surface area (Å²) in [6.45, 7) is 10.2. The lowest BCUT2D eigenvalue weighted by Crippen LogP contribution is -2.00. The first-order chi connectivity index (χ1) is 9.11. The molecule has 0 unspecified atom stereocenters. The fourth-order valence-electron chi connectivity index (χ4n) is 1.59. The van der Waals surface area contributed by atoms with Crippen molar-refractivity contribution in [2.45, 2.75) is 45.8 Å². The molecule has 19 heavy (non-hydrogen) atoms. The molecule has 0 amide bonds. The minimum atomic E-state index is 0.365. The maximum Gasteiger partial charge on any atom is 0.187 e. The van der Waals surface area contributed by atoms with Crippen LogP contribution in [0, 0.1) is 6.92 Å². The fourth-order valence-corrected chi connectivity index (χ4v) is 1.94. The molecule has 0 saturated heterocycles. The average Bonchev–Trinajstić information content (AvgIpc) is 2.83. The molecule has 0 radical (unpaired) electrons. The van der Waals surface area contributed by atoms with E-state index in [0.29, 0.717) is 6.04 Å². The number of thioether (sulfide) groups is 1. The Morgan fingerprint density at radius 1 is 1.26 bits per heavy atom. The van der Waals surface area contributed by atoms with Gasteiger partial charge < -0.3 is 0 Å². The van der Waals surface area contributed by atoms with E-state index in [-0.39, 0.29) is 0 Å². The molecule has 0 aliphatic rings. The zero-order valence-corrected chi connectivity index (χ0v) is 13.3. The predicted molar refractivity (Wildman–Crippen MR) is 81.5 cm³/mol. The summed E-state index contributed by atoms with van der Waals surface area (Å²) in [5.74, 6) is 0. The van der Waals surface area contributed by atoms with Crippen LogP contribution in [0.5, 0.6) is 0 Å². The van der Waals surface area contributed by atoms with Crippen LogP contribution < -0.4 is 0 Å². The summed E-state index contributed by atoms with van der Waals surface area (Å²) >= 11 is 1.55. The maximum absolute atomic E-state index is 4.49. The second-order valence-electron chi connectivity index (χ2n) is 4.13. The van der Waals surface area contributed by atoms with Crippen molar-refractivity contribution in [3.05, 3.63) is 24.2 Å². The van der Waals surface area contributed by atoms with E-state index in [9.17, 15) is 0 Å². The molecule has 5 heteroatoms. The van der Waals surface area contributed by atoms with E-state index in [4.69, 9.17) is 0 Å². The van der Waals surface area contributed by atoms with Crippen LogP contribution >= 0.6 is 11.8 Å². The van der Waals surface area contributed by atoms with Gasteiger partial charge in [-0.1, -0.05) is 25.6 Å². The summed E-state index contributed by atoms with van der Waals surface area (Å²) in [5.41, 5.74) is 3.02. The summed E-state index contributed by atoms with van der Waals surface area (Å²) in [7, 11) is 0. The van der Waals surface area contributed by atoms with Gasteiger partial charge in [0.25, 0.3) is 0 Å². The minimum Gasteiger partial charge on any atom is -0.269 e. The van der Waals surface area contributed by atoms with Crippen molar-refractivity contribution < 1.29 is 0 Å². The van der Waals surface area contributed by atoms with E-state index in [1.54, 1.807) is 18.0 Å². The third-order valence-corrected chi connectivity index (χ3v) is 3.10. The monoisotopic (exact) mass is 278 g/mol. The summed E-state index contributed by atoms with van der Waals surface area (Å²) in [6.07, 6.45) is 5.82. The number of aromatic nitrogens is 4. The van der Waals surface area contributed by atoms with Crippen molar-refractivity contribution >= 4 is 11.8 Å². The van der Waals surface area contributed by atoms with Gasteiger partial charge in [-0.3, -0.25) is 4.68 Å². The number of rotatable bonds is 3. The summed E-state index contributed by atoms with van der Waals surface area (Å²) in [4.78, 5) is 8.67. The molecule has 0 N–H and O–H groups in total. The van der Waals surface area contributed by atoms with Gasteiger partial charge in [-0.25, -0.2) is 9.97 Å². The minimum absolute atomic E-state index is 0.365. The maximum atomic E-state index is 4.49. The topological polar surface area (TPSA) is 43.6 Å². The molecule has 0 fully saturated rings. The molecule has 0 aromatic carbocycles. The molecule has 0 aliphatic carbocycles. The Bertz CT molecular complexity index is 520. The Balaban J connectivity index is 0.000000861. The Labute approximate surface area is 119 Å². The van der Waals surface area contributed by atoms with Crippen LogP contribution in [0.2, 0.25) is 0 Å². The van der Waals surface area contributed by atoms with E-state index in [2.05, 4.69) is 28.9 Å². The fraction of sp³-hybridized carbons (Fsp3) is 0.500. The van der Waals surface area contributed by atoms with Crippen molar-refractivity contribution in [1.29, 1.82) is 0 Å². The molecule has 0 spiro atoms. The normalized spacial score (nSPS) is 10.3. The molecule has 2 rings (SSSR count). The lowest BCUT2D eigenvalue weighted by Gasteiger charge is -2.03. The molecule has 0 bridgehead atoms. The SMILES string of the molecule is CC.CSc1nccc(-c2cn(C(C)C)nc2C)n1. The van der Waals surface area contributed by atoms with Gasteiger partial charge in [0.15, 0.2) is 5.16 Å². The Hall–Kier alpha value is -1.36. The number of hydrogen-bond acceptors (Lipinski definition) is 4. The molecule has 0 aliphatic heterocycles. The van der Waals surface area contributed by atoms with Gasteiger partial charge in [0.05, 0.1) is 11.4 Å². The van der Waals surface area contributed by atoms with Gasteiger partial charge in [-0.05, 0) is 33.1 Å². The third kappa shape index (κ3) is 3.80. The van der Waals surface area contributed by atoms with Crippen molar-refractivity contribution in [3.63, 3.8) is 0 Å². The van der Waals surface area contributed by atoms with Crippen molar-refractivity contribution in [3.8, 4) is 11.3 Å². The standard InChI is InChI=1S/C12H16N4S.C2H6/c1-8(2)16-7-10(9(3)15-16)11-5-6-13-12(14-11)17-4;1-2/h5-8H,1-4H3;1-2H3. The highest BCUT2D eigenvalue weighted by molar-refractivity contribution is 7.98. The highest BCUT2D eigenvalue weighted by Gasteiger charge is 2.10. The van der Waals surface area contributed by atoms with Crippen molar-refractivity contribution in [1.82, 2.24) is 19.7 Å². The number of nitrogens with zero attached hydrogens (tertiary/aromatic N) is 4. The Morgan fingerprint density at radius 3 is 2.47 bits per heavy atom. The molecule has 104 valence electrons. The number of hydrogen-bond donors (Lipinski definition) is 0. The van der Waals surface area contributed by atoms with Crippen LogP contribution in [-0.2, 0) is 0 Å². The van der Waals surface area contributed by atoms with E-state index in [0.717, 1.165) is 22.1 Å². The quantitative estimate of drug-likeness (QED) is 0.629. The van der Waals surface area contributed by atoms with E-state index in [1.165, 1.54) is 0 Å². The smallest absolute Gasteiger partial charge is 0.187 e. The van der Waals surface area contributed by atoms with Crippen molar-refractivity contribution in [2.75, 3.05) is 6.26 Å². The Morgan fingerprint density at radius 2 is 1.95 bits per heavy atom. The van der Waals surface area contributed by atoms with E-state index in [1.807, 2.05) is 44.0 Å². The van der Waals surface area contributed by atoms with Gasteiger partial charge >= 0.3 is 0 Å². The molecule has 2 aromatic rings. The van der Waals surface area contributed by atoms with Crippen LogP contribution in [0.4, 0.5) is 0 Å². The molecule has 2 aromatic heterocycles. The molecule has 0 saturated carbocycles. The van der Waals surface area contributed by atoms with Gasteiger partial charge in [-0.15, -0.1) is 0 Å². The first-order valence-corrected chi connectivity index (χ1v) is 7.77. The highest BCUT2D eigenvalue weighted by atomic mass is 32.2. The van der Waals surface area contributed by atoms with Gasteiger partial charge in [0.2, 0.25) is 0 Å². The lowest BCUT2D eigenvalue weighted by atomic mass is 10.2. The molecular weight excluding hydrogens is 256 g/mol. The van der Waals surface area contributed by atoms with Crippen molar-refractivity contribution in [2.24, 2.45) is 0 Å². The predicted octanol–water partition coefficient (Wildman–Crippen LogP) is 3.98. The molecule has 0 atom stereocenters. The lowest BCUT2D eigenvalue weighted by molar-refractivity contribution is 0.529. The third-order valence-electron chi connectivity index (χ3n) is 2.54. The summed E-state index contributed by atoms with van der Waals surface area (Å²) in [5, 5.41) is 5.28. The van der Waals surface area contributed by atoms with E-state index < -0.39 is 0 Å². The van der Waals surface area contributed by atoms with Crippen LogP contribution in [0.3, 0.4) is 0 Å². The van der Waals surface area contributed by atoms with Crippen LogP contribution in [0.1, 0.15) is 39.4 Å². The van der Waals surface area contributed by atoms with Gasteiger partial charge in [-0.2, -0.15) is 5.10 Å². The Kier molecular flexibility index (Phi) is 6.02. The van der Waals surface area contributed by atoms with E-state index >= 15 is 0 Å². The zero-order valence-electron chi connectivity index (χ0n) is 12.5. The van der Waals surface area contributed by atoms with Crippen LogP contribution in [0.15, 0.2) is 23.6 Å². The molecule has 4 nitrogen and oxygen atoms in total.